The van der Waals surface area contributed by atoms with Crippen LogP contribution in [0.25, 0.3) is 10.9 Å². The predicted molar refractivity (Wildman–Crippen MR) is 123 cm³/mol. The topological polar surface area (TPSA) is 59.0 Å². The Morgan fingerprint density at radius 1 is 0.968 bits per heavy atom. The van der Waals surface area contributed by atoms with Crippen LogP contribution in [0.15, 0.2) is 72.2 Å². The minimum atomic E-state index is -0.0298. The number of hydrogen-bond donors (Lipinski definition) is 0. The second-order valence-electron chi connectivity index (χ2n) is 8.13. The average molecular weight is 429 g/mol. The molecule has 1 amide bonds. The molecule has 0 N–H and O–H groups in total. The molecule has 0 unspecified atom stereocenters. The van der Waals surface area contributed by atoms with Crippen LogP contribution in [0.5, 0.6) is 0 Å². The van der Waals surface area contributed by atoms with Gasteiger partial charge in [-0.05, 0) is 66.4 Å². The second kappa shape index (κ2) is 8.94. The Morgan fingerprint density at radius 2 is 1.74 bits per heavy atom. The van der Waals surface area contributed by atoms with E-state index in [1.54, 1.807) is 5.38 Å². The number of nitrogens with zero attached hydrogens (tertiary/aromatic N) is 4. The van der Waals surface area contributed by atoms with E-state index < -0.39 is 0 Å². The van der Waals surface area contributed by atoms with Crippen molar-refractivity contribution in [3.63, 3.8) is 0 Å². The molecule has 5 rings (SSSR count). The Kier molecular flexibility index (Phi) is 5.71. The molecule has 2 heterocycles. The van der Waals surface area contributed by atoms with Crippen molar-refractivity contribution in [1.82, 2.24) is 19.5 Å². The third-order valence-corrected chi connectivity index (χ3v) is 6.83. The van der Waals surface area contributed by atoms with Crippen LogP contribution in [-0.4, -0.2) is 31.4 Å². The van der Waals surface area contributed by atoms with Crippen LogP contribution in [0, 0.1) is 0 Å². The summed E-state index contributed by atoms with van der Waals surface area (Å²) in [4.78, 5) is 19.9. The maximum Gasteiger partial charge on any atom is 0.275 e. The van der Waals surface area contributed by atoms with Gasteiger partial charge in [0, 0.05) is 29.5 Å². The van der Waals surface area contributed by atoms with E-state index in [2.05, 4.69) is 51.0 Å². The fourth-order valence-electron chi connectivity index (χ4n) is 4.69. The third kappa shape index (κ3) is 4.21. The number of rotatable bonds is 5. The second-order valence-corrected chi connectivity index (χ2v) is 8.74. The molecule has 0 saturated heterocycles. The summed E-state index contributed by atoms with van der Waals surface area (Å²) < 4.78 is 3.91. The number of benzene rings is 2. The lowest BCUT2D eigenvalue weighted by Crippen LogP contribution is -2.42. The first-order chi connectivity index (χ1) is 15.3. The molecule has 6 heteroatoms. The smallest absolute Gasteiger partial charge is 0.275 e. The summed E-state index contributed by atoms with van der Waals surface area (Å²) in [5.41, 5.74) is 3.92. The van der Waals surface area contributed by atoms with Crippen LogP contribution in [-0.2, 0) is 6.54 Å². The molecule has 5 nitrogen and oxygen atoms in total. The van der Waals surface area contributed by atoms with Crippen LogP contribution in [0.4, 0.5) is 0 Å². The number of fused-ring (bicyclic) bond motifs is 1. The van der Waals surface area contributed by atoms with Gasteiger partial charge in [0.15, 0.2) is 5.69 Å². The van der Waals surface area contributed by atoms with Gasteiger partial charge in [0.05, 0.1) is 5.52 Å². The van der Waals surface area contributed by atoms with E-state index in [0.29, 0.717) is 18.2 Å². The third-order valence-electron chi connectivity index (χ3n) is 6.33. The lowest BCUT2D eigenvalue weighted by molar-refractivity contribution is 0.0600. The number of amides is 1. The van der Waals surface area contributed by atoms with E-state index in [1.165, 1.54) is 17.1 Å². The first-order valence-corrected chi connectivity index (χ1v) is 11.6. The molecule has 156 valence electrons. The molecule has 0 bridgehead atoms. The van der Waals surface area contributed by atoms with Gasteiger partial charge in [-0.3, -0.25) is 9.78 Å². The number of para-hydroxylation sites is 1. The van der Waals surface area contributed by atoms with E-state index >= 15 is 0 Å². The Balaban J connectivity index is 1.41. The molecule has 1 aliphatic carbocycles. The molecule has 1 aliphatic rings. The Hall–Kier alpha value is -3.12. The van der Waals surface area contributed by atoms with Gasteiger partial charge in [-0.15, -0.1) is 5.10 Å². The van der Waals surface area contributed by atoms with Crippen molar-refractivity contribution in [2.45, 2.75) is 44.2 Å². The summed E-state index contributed by atoms with van der Waals surface area (Å²) in [6.07, 6.45) is 5.99. The maximum absolute atomic E-state index is 13.4. The minimum absolute atomic E-state index is 0.0298. The van der Waals surface area contributed by atoms with Crippen LogP contribution in [0.3, 0.4) is 0 Å². The van der Waals surface area contributed by atoms with Crippen molar-refractivity contribution < 1.29 is 4.79 Å². The van der Waals surface area contributed by atoms with Gasteiger partial charge in [0.1, 0.15) is 0 Å². The molecule has 4 aromatic rings. The molecular weight excluding hydrogens is 404 g/mol. The average Bonchev–Trinajstić information content (AvgIpc) is 3.38. The zero-order valence-corrected chi connectivity index (χ0v) is 18.0. The van der Waals surface area contributed by atoms with Gasteiger partial charge in [-0.1, -0.05) is 53.0 Å². The van der Waals surface area contributed by atoms with Crippen molar-refractivity contribution in [3.05, 3.63) is 89.1 Å². The molecule has 0 atom stereocenters. The number of hydrogen-bond acceptors (Lipinski definition) is 5. The van der Waals surface area contributed by atoms with E-state index in [0.717, 1.165) is 42.1 Å². The number of pyridine rings is 1. The Labute approximate surface area is 185 Å². The van der Waals surface area contributed by atoms with Crippen molar-refractivity contribution in [2.75, 3.05) is 0 Å². The largest absolute Gasteiger partial charge is 0.330 e. The molecule has 31 heavy (non-hydrogen) atoms. The first kappa shape index (κ1) is 19.8. The minimum Gasteiger partial charge on any atom is -0.330 e. The lowest BCUT2D eigenvalue weighted by Gasteiger charge is -2.37. The molecule has 0 aliphatic heterocycles. The summed E-state index contributed by atoms with van der Waals surface area (Å²) in [7, 11) is 0. The zero-order valence-electron chi connectivity index (χ0n) is 17.2. The quantitative estimate of drug-likeness (QED) is 0.424. The summed E-state index contributed by atoms with van der Waals surface area (Å²) in [6, 6.07) is 21.1. The molecule has 2 aromatic carbocycles. The SMILES string of the molecule is O=C(c1csnn1)N(Cc1ccnc2ccccc12)C1CCC(c2ccccc2)CC1. The number of carbonyl (C=O) groups excluding carboxylic acids is 1. The standard InChI is InChI=1S/C25H24N4OS/c30-25(24-17-31-28-27-24)29(16-20-14-15-26-23-9-5-4-8-22(20)23)21-12-10-19(11-13-21)18-6-2-1-3-7-18/h1-9,14-15,17,19,21H,10-13,16H2. The molecule has 2 aromatic heterocycles. The summed E-state index contributed by atoms with van der Waals surface area (Å²) in [5.74, 6) is 0.537. The number of aromatic nitrogens is 3. The zero-order chi connectivity index (χ0) is 21.0. The van der Waals surface area contributed by atoms with Gasteiger partial charge in [0.25, 0.3) is 5.91 Å². The van der Waals surface area contributed by atoms with Crippen LogP contribution in [0.1, 0.15) is 53.2 Å². The Morgan fingerprint density at radius 3 is 2.52 bits per heavy atom. The molecule has 0 radical (unpaired) electrons. The highest BCUT2D eigenvalue weighted by Crippen LogP contribution is 2.36. The van der Waals surface area contributed by atoms with Crippen LogP contribution < -0.4 is 0 Å². The van der Waals surface area contributed by atoms with E-state index in [-0.39, 0.29) is 11.9 Å². The van der Waals surface area contributed by atoms with E-state index in [1.807, 2.05) is 35.4 Å². The van der Waals surface area contributed by atoms with E-state index in [4.69, 9.17) is 0 Å². The normalized spacial score (nSPS) is 18.7. The first-order valence-electron chi connectivity index (χ1n) is 10.7. The fraction of sp³-hybridized carbons (Fsp3) is 0.280. The Bertz CT molecular complexity index is 1150. The maximum atomic E-state index is 13.4. The van der Waals surface area contributed by atoms with Crippen LogP contribution in [0.2, 0.25) is 0 Å². The van der Waals surface area contributed by atoms with Gasteiger partial charge in [-0.2, -0.15) is 0 Å². The lowest BCUT2D eigenvalue weighted by atomic mass is 9.81. The summed E-state index contributed by atoms with van der Waals surface area (Å²) in [5, 5.41) is 6.90. The molecular formula is C25H24N4OS. The fourth-order valence-corrected chi connectivity index (χ4v) is 5.12. The highest BCUT2D eigenvalue weighted by Gasteiger charge is 2.31. The van der Waals surface area contributed by atoms with Gasteiger partial charge >= 0.3 is 0 Å². The van der Waals surface area contributed by atoms with Gasteiger partial charge in [0.2, 0.25) is 0 Å². The van der Waals surface area contributed by atoms with Crippen molar-refractivity contribution >= 4 is 28.3 Å². The van der Waals surface area contributed by atoms with Crippen molar-refractivity contribution in [2.24, 2.45) is 0 Å². The van der Waals surface area contributed by atoms with Gasteiger partial charge < -0.3 is 4.90 Å². The summed E-state index contributed by atoms with van der Waals surface area (Å²) >= 11 is 1.22. The summed E-state index contributed by atoms with van der Waals surface area (Å²) in [6.45, 7) is 0.556. The molecule has 1 saturated carbocycles. The van der Waals surface area contributed by atoms with E-state index in [9.17, 15) is 4.79 Å². The monoisotopic (exact) mass is 428 g/mol. The van der Waals surface area contributed by atoms with Crippen LogP contribution >= 0.6 is 11.5 Å². The molecule has 0 spiro atoms. The predicted octanol–water partition coefficient (Wildman–Crippen LogP) is 5.46. The number of carbonyl (C=O) groups is 1. The molecule has 1 fully saturated rings. The van der Waals surface area contributed by atoms with Crippen molar-refractivity contribution in [3.8, 4) is 0 Å². The highest BCUT2D eigenvalue weighted by molar-refractivity contribution is 7.03. The van der Waals surface area contributed by atoms with Gasteiger partial charge in [-0.25, -0.2) is 0 Å². The van der Waals surface area contributed by atoms with Crippen molar-refractivity contribution in [1.29, 1.82) is 0 Å². The highest BCUT2D eigenvalue weighted by atomic mass is 32.1.